The van der Waals surface area contributed by atoms with Crippen molar-refractivity contribution in [2.24, 2.45) is 0 Å². The van der Waals surface area contributed by atoms with E-state index in [0.29, 0.717) is 0 Å². The molecule has 0 atom stereocenters. The maximum Gasteiger partial charge on any atom is 0.220 e. The normalized spacial score (nSPS) is 13.9. The molecule has 4 aromatic rings. The Balaban J connectivity index is 1.62. The smallest absolute Gasteiger partial charge is 0.220 e. The van der Waals surface area contributed by atoms with E-state index in [0.717, 1.165) is 44.7 Å². The van der Waals surface area contributed by atoms with E-state index in [2.05, 4.69) is 57.5 Å². The van der Waals surface area contributed by atoms with Crippen molar-refractivity contribution in [2.75, 3.05) is 0 Å². The third-order valence-electron chi connectivity index (χ3n) is 5.00. The maximum absolute atomic E-state index is 4.59. The number of hydrogen-bond donors (Lipinski definition) is 0. The van der Waals surface area contributed by atoms with Crippen LogP contribution in [0.1, 0.15) is 34.4 Å². The van der Waals surface area contributed by atoms with Crippen LogP contribution in [0.2, 0.25) is 0 Å². The summed E-state index contributed by atoms with van der Waals surface area (Å²) >= 11 is 3.33. The molecule has 0 radical (unpaired) electrons. The van der Waals surface area contributed by atoms with Gasteiger partial charge in [0.1, 0.15) is 16.2 Å². The van der Waals surface area contributed by atoms with Crippen LogP contribution in [0.3, 0.4) is 0 Å². The molecule has 1 aromatic carbocycles. The zero-order chi connectivity index (χ0) is 18.4. The predicted molar refractivity (Wildman–Crippen MR) is 107 cm³/mol. The maximum atomic E-state index is 4.59. The van der Waals surface area contributed by atoms with Crippen molar-refractivity contribution >= 4 is 33.3 Å². The minimum atomic E-state index is 0.725. The van der Waals surface area contributed by atoms with Gasteiger partial charge in [0.25, 0.3) is 0 Å². The van der Waals surface area contributed by atoms with Crippen LogP contribution in [0.4, 0.5) is 0 Å². The summed E-state index contributed by atoms with van der Waals surface area (Å²) in [6.45, 7) is 4.16. The molecule has 27 heavy (non-hydrogen) atoms. The van der Waals surface area contributed by atoms with Gasteiger partial charge in [-0.15, -0.1) is 16.4 Å². The fourth-order valence-corrected chi connectivity index (χ4v) is 5.93. The first kappa shape index (κ1) is 16.8. The van der Waals surface area contributed by atoms with Crippen LogP contribution in [0, 0.1) is 13.8 Å². The van der Waals surface area contributed by atoms with Crippen LogP contribution < -0.4 is 0 Å². The summed E-state index contributed by atoms with van der Waals surface area (Å²) in [7, 11) is 0. The van der Waals surface area contributed by atoms with Crippen LogP contribution in [0.5, 0.6) is 0 Å². The van der Waals surface area contributed by atoms with Crippen LogP contribution in [-0.4, -0.2) is 30.2 Å². The van der Waals surface area contributed by atoms with Crippen molar-refractivity contribution in [1.29, 1.82) is 0 Å². The number of para-hydroxylation sites is 1. The standard InChI is InChI=1S/C19H18N6S2/c1-11-6-5-7-12(2)16(11)25-19(22-23-24-25)27-18-15-13-8-3-4-9-14(13)26-17(15)20-10-21-18/h5-7,10H,3-4,8-9H2,1-2H3. The molecule has 0 aliphatic heterocycles. The molecule has 0 N–H and O–H groups in total. The van der Waals surface area contributed by atoms with Crippen molar-refractivity contribution in [3.63, 3.8) is 0 Å². The zero-order valence-corrected chi connectivity index (χ0v) is 16.8. The minimum Gasteiger partial charge on any atom is -0.229 e. The van der Waals surface area contributed by atoms with Gasteiger partial charge in [0.15, 0.2) is 0 Å². The number of nitrogens with zero attached hydrogens (tertiary/aromatic N) is 6. The van der Waals surface area contributed by atoms with E-state index in [1.807, 2.05) is 16.0 Å². The van der Waals surface area contributed by atoms with Gasteiger partial charge in [0.05, 0.1) is 5.69 Å². The third-order valence-corrected chi connectivity index (χ3v) is 7.14. The van der Waals surface area contributed by atoms with Crippen molar-refractivity contribution in [3.8, 4) is 5.69 Å². The lowest BCUT2D eigenvalue weighted by atomic mass is 9.97. The lowest BCUT2D eigenvalue weighted by molar-refractivity contribution is 0.699. The molecule has 8 heteroatoms. The topological polar surface area (TPSA) is 69.4 Å². The number of benzene rings is 1. The Labute approximate surface area is 165 Å². The van der Waals surface area contributed by atoms with Crippen LogP contribution >= 0.6 is 23.1 Å². The first-order chi connectivity index (χ1) is 13.2. The van der Waals surface area contributed by atoms with Gasteiger partial charge in [-0.05, 0) is 78.4 Å². The number of fused-ring (bicyclic) bond motifs is 3. The molecule has 1 aliphatic carbocycles. The van der Waals surface area contributed by atoms with E-state index >= 15 is 0 Å². The van der Waals surface area contributed by atoms with E-state index in [9.17, 15) is 0 Å². The fraction of sp³-hybridized carbons (Fsp3) is 0.316. The van der Waals surface area contributed by atoms with Crippen LogP contribution in [-0.2, 0) is 12.8 Å². The molecule has 3 aromatic heterocycles. The molecule has 0 saturated carbocycles. The molecule has 0 fully saturated rings. The fourth-order valence-electron chi connectivity index (χ4n) is 3.75. The van der Waals surface area contributed by atoms with Gasteiger partial charge >= 0.3 is 0 Å². The highest BCUT2D eigenvalue weighted by atomic mass is 32.2. The lowest BCUT2D eigenvalue weighted by Crippen LogP contribution is -2.04. The molecule has 0 spiro atoms. The quantitative estimate of drug-likeness (QED) is 0.482. The van der Waals surface area contributed by atoms with Crippen molar-refractivity contribution in [1.82, 2.24) is 30.2 Å². The summed E-state index contributed by atoms with van der Waals surface area (Å²) in [5, 5.41) is 15.3. The second-order valence-electron chi connectivity index (χ2n) is 6.79. The minimum absolute atomic E-state index is 0.725. The van der Waals surface area contributed by atoms with Gasteiger partial charge in [-0.2, -0.15) is 4.68 Å². The second kappa shape index (κ2) is 6.69. The Hall–Kier alpha value is -2.32. The molecule has 0 saturated heterocycles. The summed E-state index contributed by atoms with van der Waals surface area (Å²) in [5.74, 6) is 0. The molecule has 0 bridgehead atoms. The lowest BCUT2D eigenvalue weighted by Gasteiger charge is -2.12. The largest absolute Gasteiger partial charge is 0.229 e. The number of aromatic nitrogens is 6. The number of tetrazole rings is 1. The van der Waals surface area contributed by atoms with E-state index in [4.69, 9.17) is 0 Å². The van der Waals surface area contributed by atoms with E-state index in [1.54, 1.807) is 6.33 Å². The number of aryl methyl sites for hydroxylation is 4. The first-order valence-corrected chi connectivity index (χ1v) is 10.6. The molecule has 0 unspecified atom stereocenters. The van der Waals surface area contributed by atoms with E-state index in [1.165, 1.54) is 40.4 Å². The number of thiophene rings is 1. The summed E-state index contributed by atoms with van der Waals surface area (Å²) in [6.07, 6.45) is 6.41. The zero-order valence-electron chi connectivity index (χ0n) is 15.1. The van der Waals surface area contributed by atoms with Crippen LogP contribution in [0.25, 0.3) is 15.9 Å². The summed E-state index contributed by atoms with van der Waals surface area (Å²) < 4.78 is 1.82. The Morgan fingerprint density at radius 3 is 2.74 bits per heavy atom. The van der Waals surface area contributed by atoms with Crippen molar-refractivity contribution in [2.45, 2.75) is 49.7 Å². The van der Waals surface area contributed by atoms with Gasteiger partial charge in [0.2, 0.25) is 5.16 Å². The SMILES string of the molecule is Cc1cccc(C)c1-n1nnnc1Sc1ncnc2sc3c(c12)CCCC3. The predicted octanol–water partition coefficient (Wildman–Crippen LogP) is 4.31. The monoisotopic (exact) mass is 394 g/mol. The molecule has 6 nitrogen and oxygen atoms in total. The van der Waals surface area contributed by atoms with Gasteiger partial charge in [-0.1, -0.05) is 18.2 Å². The molecule has 0 amide bonds. The molecular formula is C19H18N6S2. The highest BCUT2D eigenvalue weighted by Gasteiger charge is 2.22. The Kier molecular flexibility index (Phi) is 4.17. The van der Waals surface area contributed by atoms with Gasteiger partial charge in [0, 0.05) is 10.3 Å². The highest BCUT2D eigenvalue weighted by molar-refractivity contribution is 7.99. The first-order valence-electron chi connectivity index (χ1n) is 9.00. The summed E-state index contributed by atoms with van der Waals surface area (Å²) in [5.41, 5.74) is 4.74. The van der Waals surface area contributed by atoms with Gasteiger partial charge in [-0.3, -0.25) is 0 Å². The summed E-state index contributed by atoms with van der Waals surface area (Å²) in [4.78, 5) is 11.7. The second-order valence-corrected chi connectivity index (χ2v) is 8.83. The Bertz CT molecular complexity index is 1130. The molecular weight excluding hydrogens is 376 g/mol. The van der Waals surface area contributed by atoms with Crippen LogP contribution in [0.15, 0.2) is 34.7 Å². The van der Waals surface area contributed by atoms with Gasteiger partial charge < -0.3 is 0 Å². The van der Waals surface area contributed by atoms with E-state index < -0.39 is 0 Å². The Morgan fingerprint density at radius 2 is 1.89 bits per heavy atom. The number of hydrogen-bond acceptors (Lipinski definition) is 7. The molecule has 136 valence electrons. The summed E-state index contributed by atoms with van der Waals surface area (Å²) in [6, 6.07) is 6.21. The number of rotatable bonds is 3. The molecule has 1 aliphatic rings. The van der Waals surface area contributed by atoms with Crippen molar-refractivity contribution < 1.29 is 0 Å². The molecule has 5 rings (SSSR count). The average molecular weight is 395 g/mol. The Morgan fingerprint density at radius 1 is 1.07 bits per heavy atom. The highest BCUT2D eigenvalue weighted by Crippen LogP contribution is 2.40. The van der Waals surface area contributed by atoms with Gasteiger partial charge in [-0.25, -0.2) is 9.97 Å². The van der Waals surface area contributed by atoms with Crippen molar-refractivity contribution in [3.05, 3.63) is 46.1 Å². The average Bonchev–Trinajstić information content (AvgIpc) is 3.26. The molecule has 3 heterocycles. The third kappa shape index (κ3) is 2.83. The van der Waals surface area contributed by atoms with E-state index in [-0.39, 0.29) is 0 Å².